The SMILES string of the molecule is CCCCCCn1nnnc1CCOC=O. The van der Waals surface area contributed by atoms with E-state index in [0.29, 0.717) is 19.5 Å². The number of nitrogens with zero attached hydrogens (tertiary/aromatic N) is 4. The third-order valence-electron chi connectivity index (χ3n) is 2.34. The van der Waals surface area contributed by atoms with Gasteiger partial charge in [-0.2, -0.15) is 0 Å². The van der Waals surface area contributed by atoms with Crippen molar-refractivity contribution in [2.45, 2.75) is 45.6 Å². The molecule has 6 nitrogen and oxygen atoms in total. The molecule has 0 saturated carbocycles. The third kappa shape index (κ3) is 4.37. The maximum Gasteiger partial charge on any atom is 0.293 e. The molecule has 1 aromatic rings. The molecule has 0 fully saturated rings. The highest BCUT2D eigenvalue weighted by Gasteiger charge is 2.05. The minimum absolute atomic E-state index is 0.332. The van der Waals surface area contributed by atoms with Crippen LogP contribution in [0.5, 0.6) is 0 Å². The number of carbonyl (C=O) groups is 1. The zero-order valence-electron chi connectivity index (χ0n) is 9.63. The van der Waals surface area contributed by atoms with E-state index in [9.17, 15) is 4.79 Å². The number of unbranched alkanes of at least 4 members (excludes halogenated alkanes) is 3. The van der Waals surface area contributed by atoms with Gasteiger partial charge >= 0.3 is 0 Å². The van der Waals surface area contributed by atoms with E-state index in [4.69, 9.17) is 0 Å². The average Bonchev–Trinajstić information content (AvgIpc) is 2.73. The zero-order chi connectivity index (χ0) is 11.6. The first kappa shape index (κ1) is 12.6. The summed E-state index contributed by atoms with van der Waals surface area (Å²) < 4.78 is 6.40. The van der Waals surface area contributed by atoms with Crippen molar-refractivity contribution < 1.29 is 9.53 Å². The molecule has 0 aromatic carbocycles. The van der Waals surface area contributed by atoms with Gasteiger partial charge in [-0.25, -0.2) is 4.68 Å². The first-order valence-corrected chi connectivity index (χ1v) is 5.68. The second-order valence-electron chi connectivity index (χ2n) is 3.60. The Bertz CT molecular complexity index is 301. The van der Waals surface area contributed by atoms with Crippen LogP contribution in [-0.2, 0) is 22.5 Å². The Morgan fingerprint density at radius 2 is 2.25 bits per heavy atom. The fraction of sp³-hybridized carbons (Fsp3) is 0.800. The predicted octanol–water partition coefficient (Wildman–Crippen LogP) is 0.969. The maximum absolute atomic E-state index is 9.98. The highest BCUT2D eigenvalue weighted by Crippen LogP contribution is 2.02. The van der Waals surface area contributed by atoms with Crippen molar-refractivity contribution in [3.8, 4) is 0 Å². The molecule has 0 aliphatic rings. The summed E-state index contributed by atoms with van der Waals surface area (Å²) in [7, 11) is 0. The Morgan fingerprint density at radius 3 is 3.00 bits per heavy atom. The molecule has 90 valence electrons. The fourth-order valence-corrected chi connectivity index (χ4v) is 1.46. The van der Waals surface area contributed by atoms with Crippen LogP contribution in [0.1, 0.15) is 38.4 Å². The molecular formula is C10H18N4O2. The number of aromatic nitrogens is 4. The van der Waals surface area contributed by atoms with Crippen LogP contribution in [0.2, 0.25) is 0 Å². The molecule has 1 heterocycles. The summed E-state index contributed by atoms with van der Waals surface area (Å²) in [5.41, 5.74) is 0. The second-order valence-corrected chi connectivity index (χ2v) is 3.60. The lowest BCUT2D eigenvalue weighted by molar-refractivity contribution is -0.128. The molecule has 0 aliphatic heterocycles. The van der Waals surface area contributed by atoms with Gasteiger partial charge in [-0.3, -0.25) is 4.79 Å². The van der Waals surface area contributed by atoms with Gasteiger partial charge in [0.15, 0.2) is 5.82 Å². The molecule has 6 heteroatoms. The lowest BCUT2D eigenvalue weighted by atomic mass is 10.2. The summed E-state index contributed by atoms with van der Waals surface area (Å²) in [6.45, 7) is 3.79. The number of ether oxygens (including phenoxy) is 1. The Balaban J connectivity index is 2.29. The van der Waals surface area contributed by atoms with Crippen molar-refractivity contribution in [2.24, 2.45) is 0 Å². The first-order chi connectivity index (χ1) is 7.88. The highest BCUT2D eigenvalue weighted by molar-refractivity contribution is 5.36. The van der Waals surface area contributed by atoms with E-state index in [2.05, 4.69) is 27.2 Å². The third-order valence-corrected chi connectivity index (χ3v) is 2.34. The van der Waals surface area contributed by atoms with E-state index in [1.54, 1.807) is 4.68 Å². The molecule has 1 aromatic heterocycles. The van der Waals surface area contributed by atoms with Gasteiger partial charge in [0.1, 0.15) is 0 Å². The Labute approximate surface area is 95.0 Å². The molecule has 0 amide bonds. The predicted molar refractivity (Wildman–Crippen MR) is 57.7 cm³/mol. The van der Waals surface area contributed by atoms with Gasteiger partial charge in [0.25, 0.3) is 6.47 Å². The number of aryl methyl sites for hydroxylation is 1. The van der Waals surface area contributed by atoms with Crippen molar-refractivity contribution in [3.63, 3.8) is 0 Å². The van der Waals surface area contributed by atoms with Crippen LogP contribution in [0.25, 0.3) is 0 Å². The van der Waals surface area contributed by atoms with E-state index in [0.717, 1.165) is 18.8 Å². The van der Waals surface area contributed by atoms with Crippen LogP contribution in [0.15, 0.2) is 0 Å². The van der Waals surface area contributed by atoms with Crippen LogP contribution >= 0.6 is 0 Å². The van der Waals surface area contributed by atoms with Crippen molar-refractivity contribution in [3.05, 3.63) is 5.82 Å². The minimum atomic E-state index is 0.332. The minimum Gasteiger partial charge on any atom is -0.467 e. The standard InChI is InChI=1S/C10H18N4O2/c1-2-3-4-5-7-14-10(11-12-13-14)6-8-16-9-15/h9H,2-8H2,1H3. The number of hydrogen-bond acceptors (Lipinski definition) is 5. The largest absolute Gasteiger partial charge is 0.467 e. The lowest BCUT2D eigenvalue weighted by Gasteiger charge is -2.03. The highest BCUT2D eigenvalue weighted by atomic mass is 16.5. The van der Waals surface area contributed by atoms with Crippen LogP contribution in [0.3, 0.4) is 0 Å². The number of tetrazole rings is 1. The normalized spacial score (nSPS) is 10.3. The molecule has 0 bridgehead atoms. The van der Waals surface area contributed by atoms with Crippen molar-refractivity contribution >= 4 is 6.47 Å². The van der Waals surface area contributed by atoms with Gasteiger partial charge in [0.05, 0.1) is 6.61 Å². The summed E-state index contributed by atoms with van der Waals surface area (Å²) in [5, 5.41) is 11.4. The molecule has 0 spiro atoms. The molecule has 0 aliphatic carbocycles. The van der Waals surface area contributed by atoms with Gasteiger partial charge in [0.2, 0.25) is 0 Å². The van der Waals surface area contributed by atoms with E-state index >= 15 is 0 Å². The topological polar surface area (TPSA) is 69.9 Å². The molecule has 0 radical (unpaired) electrons. The Hall–Kier alpha value is -1.46. The lowest BCUT2D eigenvalue weighted by Crippen LogP contribution is -2.09. The summed E-state index contributed by atoms with van der Waals surface area (Å²) in [6.07, 6.45) is 5.31. The number of hydrogen-bond donors (Lipinski definition) is 0. The van der Waals surface area contributed by atoms with Crippen molar-refractivity contribution in [2.75, 3.05) is 6.61 Å². The molecule has 0 N–H and O–H groups in total. The van der Waals surface area contributed by atoms with E-state index < -0.39 is 0 Å². The summed E-state index contributed by atoms with van der Waals surface area (Å²) >= 11 is 0. The van der Waals surface area contributed by atoms with E-state index in [-0.39, 0.29) is 0 Å². The Morgan fingerprint density at radius 1 is 1.38 bits per heavy atom. The van der Waals surface area contributed by atoms with Crippen LogP contribution < -0.4 is 0 Å². The molecular weight excluding hydrogens is 208 g/mol. The van der Waals surface area contributed by atoms with E-state index in [1.165, 1.54) is 19.3 Å². The quantitative estimate of drug-likeness (QED) is 0.463. The zero-order valence-corrected chi connectivity index (χ0v) is 9.63. The van der Waals surface area contributed by atoms with Crippen molar-refractivity contribution in [1.29, 1.82) is 0 Å². The summed E-state index contributed by atoms with van der Waals surface area (Å²) in [6, 6.07) is 0. The molecule has 0 atom stereocenters. The summed E-state index contributed by atoms with van der Waals surface area (Å²) in [5.74, 6) is 0.776. The maximum atomic E-state index is 9.98. The first-order valence-electron chi connectivity index (χ1n) is 5.68. The monoisotopic (exact) mass is 226 g/mol. The van der Waals surface area contributed by atoms with Crippen LogP contribution in [0.4, 0.5) is 0 Å². The van der Waals surface area contributed by atoms with Gasteiger partial charge in [-0.15, -0.1) is 5.10 Å². The molecule has 16 heavy (non-hydrogen) atoms. The average molecular weight is 226 g/mol. The second kappa shape index (κ2) is 7.78. The smallest absolute Gasteiger partial charge is 0.293 e. The number of rotatable bonds is 9. The Kier molecular flexibility index (Phi) is 6.13. The summed E-state index contributed by atoms with van der Waals surface area (Å²) in [4.78, 5) is 9.98. The van der Waals surface area contributed by atoms with Crippen LogP contribution in [-0.4, -0.2) is 33.3 Å². The molecule has 0 saturated heterocycles. The van der Waals surface area contributed by atoms with Crippen LogP contribution in [0, 0.1) is 0 Å². The van der Waals surface area contributed by atoms with Crippen molar-refractivity contribution in [1.82, 2.24) is 20.2 Å². The van der Waals surface area contributed by atoms with Gasteiger partial charge in [-0.1, -0.05) is 26.2 Å². The van der Waals surface area contributed by atoms with Gasteiger partial charge in [0, 0.05) is 13.0 Å². The van der Waals surface area contributed by atoms with Gasteiger partial charge in [-0.05, 0) is 16.8 Å². The molecule has 0 unspecified atom stereocenters. The van der Waals surface area contributed by atoms with Gasteiger partial charge < -0.3 is 4.74 Å². The molecule has 1 rings (SSSR count). The fourth-order valence-electron chi connectivity index (χ4n) is 1.46. The van der Waals surface area contributed by atoms with E-state index in [1.807, 2.05) is 0 Å². The number of carbonyl (C=O) groups excluding carboxylic acids is 1.